The Kier molecular flexibility index (Phi) is 10.7. The van der Waals surface area contributed by atoms with Crippen molar-refractivity contribution in [1.29, 1.82) is 5.26 Å². The summed E-state index contributed by atoms with van der Waals surface area (Å²) < 4.78 is 0. The van der Waals surface area contributed by atoms with Crippen LogP contribution in [0, 0.1) is 18.3 Å². The smallest absolute Gasteiger partial charge is 0.335 e. The number of carboxylic acids is 2. The van der Waals surface area contributed by atoms with E-state index in [2.05, 4.69) is 23.1 Å². The fraction of sp³-hybridized carbons (Fsp3) is 0.531. The van der Waals surface area contributed by atoms with Crippen LogP contribution in [0.5, 0.6) is 0 Å². The molecular formula is C32H40N4O8. The monoisotopic (exact) mass is 608 g/mol. The molecule has 1 aromatic heterocycles. The van der Waals surface area contributed by atoms with Gasteiger partial charge in [-0.15, -0.1) is 0 Å². The molecule has 236 valence electrons. The van der Waals surface area contributed by atoms with E-state index in [0.717, 1.165) is 87.1 Å². The lowest BCUT2D eigenvalue weighted by Crippen LogP contribution is -2.51. The van der Waals surface area contributed by atoms with Crippen molar-refractivity contribution in [2.24, 2.45) is 0 Å². The molecular weight excluding hydrogens is 568 g/mol. The first-order valence-corrected chi connectivity index (χ1v) is 15.0. The largest absolute Gasteiger partial charge is 0.479 e. The van der Waals surface area contributed by atoms with Gasteiger partial charge in [-0.25, -0.2) is 9.59 Å². The van der Waals surface area contributed by atoms with Gasteiger partial charge < -0.3 is 30.4 Å². The highest BCUT2D eigenvalue weighted by Gasteiger charge is 2.38. The second-order valence-corrected chi connectivity index (χ2v) is 11.8. The highest BCUT2D eigenvalue weighted by Crippen LogP contribution is 2.36. The van der Waals surface area contributed by atoms with Crippen molar-refractivity contribution in [1.82, 2.24) is 14.8 Å². The minimum absolute atomic E-state index is 0.0205. The minimum Gasteiger partial charge on any atom is -0.479 e. The van der Waals surface area contributed by atoms with E-state index in [1.54, 1.807) is 0 Å². The van der Waals surface area contributed by atoms with Gasteiger partial charge >= 0.3 is 11.9 Å². The van der Waals surface area contributed by atoms with Gasteiger partial charge in [0.15, 0.2) is 12.2 Å². The molecule has 3 heterocycles. The Morgan fingerprint density at radius 1 is 1.05 bits per heavy atom. The van der Waals surface area contributed by atoms with Crippen molar-refractivity contribution in [3.63, 3.8) is 0 Å². The zero-order chi connectivity index (χ0) is 32.0. The van der Waals surface area contributed by atoms with Crippen LogP contribution in [-0.4, -0.2) is 102 Å². The van der Waals surface area contributed by atoms with Crippen LogP contribution < -0.4 is 0 Å². The third-order valence-electron chi connectivity index (χ3n) is 9.02. The first-order chi connectivity index (χ1) is 21.0. The number of aromatic nitrogens is 1. The van der Waals surface area contributed by atoms with Gasteiger partial charge in [-0.1, -0.05) is 43.2 Å². The van der Waals surface area contributed by atoms with E-state index in [4.69, 9.17) is 25.4 Å². The molecule has 1 saturated carbocycles. The van der Waals surface area contributed by atoms with Crippen LogP contribution in [0.1, 0.15) is 71.4 Å². The van der Waals surface area contributed by atoms with Crippen molar-refractivity contribution in [3.05, 3.63) is 64.5 Å². The molecule has 12 heteroatoms. The van der Waals surface area contributed by atoms with Gasteiger partial charge in [0, 0.05) is 38.3 Å². The molecule has 0 spiro atoms. The molecule has 2 aromatic rings. The lowest BCUT2D eigenvalue weighted by Gasteiger charge is -2.40. The van der Waals surface area contributed by atoms with Crippen LogP contribution in [0.3, 0.4) is 0 Å². The van der Waals surface area contributed by atoms with Crippen LogP contribution in [0.2, 0.25) is 0 Å². The first kappa shape index (κ1) is 33.0. The highest BCUT2D eigenvalue weighted by atomic mass is 16.4. The van der Waals surface area contributed by atoms with Gasteiger partial charge in [-0.05, 0) is 49.8 Å². The van der Waals surface area contributed by atoms with E-state index in [-0.39, 0.29) is 11.9 Å². The zero-order valence-electron chi connectivity index (χ0n) is 24.8. The van der Waals surface area contributed by atoms with E-state index in [1.807, 2.05) is 36.1 Å². The van der Waals surface area contributed by atoms with E-state index >= 15 is 0 Å². The number of hydrogen-bond donors (Lipinski definition) is 5. The third kappa shape index (κ3) is 7.25. The number of piperidine rings is 1. The number of nitrogens with zero attached hydrogens (tertiary/aromatic N) is 4. The van der Waals surface area contributed by atoms with Gasteiger partial charge in [0.1, 0.15) is 0 Å². The number of aliphatic carboxylic acids is 2. The van der Waals surface area contributed by atoms with Gasteiger partial charge in [0.2, 0.25) is 0 Å². The van der Waals surface area contributed by atoms with Gasteiger partial charge in [-0.2, -0.15) is 5.26 Å². The number of hydrogen-bond acceptors (Lipinski definition) is 9. The van der Waals surface area contributed by atoms with Gasteiger partial charge in [0.05, 0.1) is 34.9 Å². The Balaban J connectivity index is 0.000000382. The summed E-state index contributed by atoms with van der Waals surface area (Å²) in [4.78, 5) is 42.1. The van der Waals surface area contributed by atoms with E-state index in [9.17, 15) is 24.8 Å². The highest BCUT2D eigenvalue weighted by molar-refractivity contribution is 5.96. The fourth-order valence-corrected chi connectivity index (χ4v) is 6.31. The molecule has 1 aromatic carbocycles. The molecule has 0 bridgehead atoms. The summed E-state index contributed by atoms with van der Waals surface area (Å²) in [7, 11) is 0. The quantitative estimate of drug-likeness (QED) is 0.306. The number of rotatable bonds is 7. The minimum atomic E-state index is -2.27. The molecule has 1 saturated heterocycles. The number of carboxylic acid groups (broad SMARTS) is 2. The average molecular weight is 609 g/mol. The Bertz CT molecular complexity index is 1370. The second-order valence-electron chi connectivity index (χ2n) is 11.8. The number of benzene rings is 1. The van der Waals surface area contributed by atoms with Gasteiger partial charge in [0.25, 0.3) is 5.91 Å². The predicted octanol–water partition coefficient (Wildman–Crippen LogP) is 1.63. The molecule has 2 fully saturated rings. The Morgan fingerprint density at radius 2 is 1.66 bits per heavy atom. The topological polar surface area (TPSA) is 196 Å². The average Bonchev–Trinajstić information content (AvgIpc) is 3.03. The van der Waals surface area contributed by atoms with Crippen molar-refractivity contribution in [2.75, 3.05) is 19.6 Å². The molecule has 2 aliphatic heterocycles. The maximum atomic E-state index is 13.4. The fourth-order valence-electron chi connectivity index (χ4n) is 6.31. The molecule has 44 heavy (non-hydrogen) atoms. The molecule has 0 radical (unpaired) electrons. The standard InChI is InChI=1S/C28H34N4O2.C4H6O6/c1-20-21(18-31-15-12-28(19-29,13-16-31)22-7-3-2-4-8-22)17-23-24(30-20)11-14-32(27(23)34)25-9-5-6-10-26(25)33;5-1(3(7)8)2(6)4(9)10/h2-4,7-8,17,25-26,33H,5-6,9-16,18H2,1H3;1-2,5-6H,(H,7,8)(H,9,10)/t25-,26-;/m0./s1. The Morgan fingerprint density at radius 3 is 2.23 bits per heavy atom. The predicted molar refractivity (Wildman–Crippen MR) is 158 cm³/mol. The third-order valence-corrected chi connectivity index (χ3v) is 9.02. The first-order valence-electron chi connectivity index (χ1n) is 15.0. The summed E-state index contributed by atoms with van der Waals surface area (Å²) in [6, 6.07) is 14.7. The number of aliphatic hydroxyl groups is 3. The summed E-state index contributed by atoms with van der Waals surface area (Å²) in [6.45, 7) is 5.09. The number of aliphatic hydroxyl groups excluding tert-OH is 3. The second kappa shape index (κ2) is 14.3. The maximum Gasteiger partial charge on any atom is 0.335 e. The normalized spacial score (nSPS) is 22.9. The molecule has 5 N–H and O–H groups in total. The van der Waals surface area contributed by atoms with Crippen LogP contribution in [-0.2, 0) is 28.0 Å². The van der Waals surface area contributed by atoms with Crippen LogP contribution in [0.25, 0.3) is 0 Å². The summed E-state index contributed by atoms with van der Waals surface area (Å²) in [5, 5.41) is 53.0. The van der Waals surface area contributed by atoms with Crippen LogP contribution in [0.4, 0.5) is 0 Å². The molecule has 2 unspecified atom stereocenters. The van der Waals surface area contributed by atoms with E-state index in [0.29, 0.717) is 12.1 Å². The Hall–Kier alpha value is -3.89. The van der Waals surface area contributed by atoms with Crippen LogP contribution in [0.15, 0.2) is 36.4 Å². The number of pyridine rings is 1. The summed E-state index contributed by atoms with van der Waals surface area (Å²) in [6.07, 6.45) is 1.16. The number of carbonyl (C=O) groups excluding carboxylic acids is 1. The van der Waals surface area contributed by atoms with Crippen molar-refractivity contribution >= 4 is 17.8 Å². The van der Waals surface area contributed by atoms with E-state index in [1.165, 1.54) is 0 Å². The number of nitriles is 1. The molecule has 4 atom stereocenters. The summed E-state index contributed by atoms with van der Waals surface area (Å²) in [5.41, 5.74) is 4.36. The van der Waals surface area contributed by atoms with Crippen molar-refractivity contribution < 1.29 is 39.9 Å². The Labute approximate surface area is 256 Å². The lowest BCUT2D eigenvalue weighted by atomic mass is 9.74. The molecule has 1 amide bonds. The SMILES string of the molecule is Cc1nc2c(cc1CN1CCC(C#N)(c3ccccc3)CC1)C(=O)N([C@H]1CCCC[C@@H]1O)CC2.O=C(O)C(O)C(O)C(=O)O. The number of likely N-dealkylation sites (tertiary alicyclic amines) is 1. The zero-order valence-corrected chi connectivity index (χ0v) is 24.8. The van der Waals surface area contributed by atoms with Crippen LogP contribution >= 0.6 is 0 Å². The van der Waals surface area contributed by atoms with Crippen molar-refractivity contribution in [3.8, 4) is 6.07 Å². The molecule has 3 aliphatic rings. The number of fused-ring (bicyclic) bond motifs is 1. The van der Waals surface area contributed by atoms with Crippen molar-refractivity contribution in [2.45, 2.75) is 88.2 Å². The summed E-state index contributed by atoms with van der Waals surface area (Å²) >= 11 is 0. The molecule has 5 rings (SSSR count). The molecule has 12 nitrogen and oxygen atoms in total. The number of carbonyl (C=O) groups is 3. The number of aryl methyl sites for hydroxylation is 1. The van der Waals surface area contributed by atoms with Gasteiger partial charge in [-0.3, -0.25) is 14.7 Å². The van der Waals surface area contributed by atoms with E-state index < -0.39 is 35.7 Å². The summed E-state index contributed by atoms with van der Waals surface area (Å²) in [5.74, 6) is -3.52. The molecule has 1 aliphatic carbocycles. The lowest BCUT2D eigenvalue weighted by molar-refractivity contribution is -0.165. The number of amides is 1. The maximum absolute atomic E-state index is 13.4.